The molecule has 0 bridgehead atoms. The summed E-state index contributed by atoms with van der Waals surface area (Å²) in [5.41, 5.74) is 7.61. The van der Waals surface area contributed by atoms with Crippen LogP contribution in [0.25, 0.3) is 0 Å². The highest BCUT2D eigenvalue weighted by atomic mass is 35.5. The Morgan fingerprint density at radius 3 is 2.58 bits per heavy atom. The van der Waals surface area contributed by atoms with Crippen LogP contribution in [0, 0.1) is 46.3 Å². The first-order valence-electron chi connectivity index (χ1n) is 14.5. The van der Waals surface area contributed by atoms with Crippen molar-refractivity contribution in [1.29, 1.82) is 0 Å². The number of fused-ring (bicyclic) bond motifs is 5. The molecule has 4 nitrogen and oxygen atoms in total. The van der Waals surface area contributed by atoms with Crippen LogP contribution >= 0.6 is 22.9 Å². The Hall–Kier alpha value is -0.620. The molecule has 4 saturated carbocycles. The quantitative estimate of drug-likeness (QED) is 0.369. The average Bonchev–Trinajstić information content (AvgIpc) is 3.41. The fraction of sp³-hybridized carbons (Fsp3) is 0.833. The van der Waals surface area contributed by atoms with Crippen LogP contribution in [0.3, 0.4) is 0 Å². The van der Waals surface area contributed by atoms with Gasteiger partial charge in [-0.2, -0.15) is 0 Å². The molecule has 0 saturated heterocycles. The standard InChI is InChI=1S/C30H47ClN2O2S/c1-5-24(25-8-9-26(31)36-25)33-27(35)14-17(2)20-6-7-21-28-22(11-13-30(20,21)4)29(3)12-10-19(34)15-18(29)16-23(28)32/h8-9,17-24,28,34H,5-7,10-16,32H2,1-4H3,(H,33,35)/t17-,18?,19-,20?,21+,22+,23-,24?,28?,29?,30?/m1/s1. The lowest BCUT2D eigenvalue weighted by Gasteiger charge is -2.63. The predicted octanol–water partition coefficient (Wildman–Crippen LogP) is 6.95. The van der Waals surface area contributed by atoms with Gasteiger partial charge in [-0.1, -0.05) is 39.3 Å². The molecule has 0 aromatic carbocycles. The van der Waals surface area contributed by atoms with E-state index in [1.54, 1.807) is 11.3 Å². The molecule has 4 fully saturated rings. The molecule has 36 heavy (non-hydrogen) atoms. The number of aliphatic hydroxyl groups is 1. The Bertz CT molecular complexity index is 953. The normalized spacial score (nSPS) is 43.7. The van der Waals surface area contributed by atoms with Crippen LogP contribution in [-0.4, -0.2) is 23.2 Å². The number of hydrogen-bond acceptors (Lipinski definition) is 4. The minimum Gasteiger partial charge on any atom is -0.393 e. The van der Waals surface area contributed by atoms with Crippen LogP contribution in [0.1, 0.15) is 103 Å². The lowest BCUT2D eigenvalue weighted by molar-refractivity contribution is -0.138. The maximum Gasteiger partial charge on any atom is 0.220 e. The molecule has 0 radical (unpaired) electrons. The first-order valence-corrected chi connectivity index (χ1v) is 15.7. The fourth-order valence-electron chi connectivity index (χ4n) is 9.85. The van der Waals surface area contributed by atoms with Crippen molar-refractivity contribution in [2.24, 2.45) is 52.1 Å². The smallest absolute Gasteiger partial charge is 0.220 e. The molecular formula is C30H47ClN2O2S. The summed E-state index contributed by atoms with van der Waals surface area (Å²) in [6.45, 7) is 9.50. The average molecular weight is 535 g/mol. The molecule has 4 N–H and O–H groups in total. The molecular weight excluding hydrogens is 488 g/mol. The third-order valence-electron chi connectivity index (χ3n) is 11.7. The van der Waals surface area contributed by atoms with Crippen molar-refractivity contribution in [1.82, 2.24) is 5.32 Å². The Labute approximate surface area is 227 Å². The third kappa shape index (κ3) is 4.58. The van der Waals surface area contributed by atoms with Gasteiger partial charge in [0.25, 0.3) is 0 Å². The SMILES string of the molecule is CCC(NC(=O)C[C@@H](C)C1CC[C@H]2C3[C@H](N)CC4C[C@H](O)CCC4(C)[C@H]3CCC12C)c1ccc(Cl)s1. The number of amides is 1. The van der Waals surface area contributed by atoms with E-state index in [0.29, 0.717) is 47.3 Å². The molecule has 4 aliphatic carbocycles. The van der Waals surface area contributed by atoms with Gasteiger partial charge in [-0.15, -0.1) is 11.3 Å². The van der Waals surface area contributed by atoms with E-state index in [1.165, 1.54) is 25.7 Å². The number of nitrogens with one attached hydrogen (secondary N) is 1. The van der Waals surface area contributed by atoms with Crippen LogP contribution in [0.15, 0.2) is 12.1 Å². The Morgan fingerprint density at radius 1 is 1.17 bits per heavy atom. The largest absolute Gasteiger partial charge is 0.393 e. The number of rotatable bonds is 6. The number of nitrogens with two attached hydrogens (primary N) is 1. The summed E-state index contributed by atoms with van der Waals surface area (Å²) in [5.74, 6) is 3.65. The third-order valence-corrected chi connectivity index (χ3v) is 13.0. The van der Waals surface area contributed by atoms with Crippen LogP contribution in [0.4, 0.5) is 0 Å². The van der Waals surface area contributed by atoms with E-state index in [2.05, 4.69) is 33.0 Å². The van der Waals surface area contributed by atoms with Crippen molar-refractivity contribution in [3.05, 3.63) is 21.3 Å². The second kappa shape index (κ2) is 10.2. The Balaban J connectivity index is 1.27. The van der Waals surface area contributed by atoms with E-state index in [4.69, 9.17) is 17.3 Å². The molecule has 5 rings (SSSR count). The van der Waals surface area contributed by atoms with Crippen molar-refractivity contribution in [3.8, 4) is 0 Å². The van der Waals surface area contributed by atoms with E-state index in [0.717, 1.165) is 41.3 Å². The second-order valence-electron chi connectivity index (χ2n) is 13.4. The first kappa shape index (κ1) is 27.0. The van der Waals surface area contributed by atoms with E-state index >= 15 is 0 Å². The highest BCUT2D eigenvalue weighted by Crippen LogP contribution is 2.68. The molecule has 1 amide bonds. The number of carbonyl (C=O) groups excluding carboxylic acids is 1. The molecule has 0 spiro atoms. The molecule has 6 unspecified atom stereocenters. The van der Waals surface area contributed by atoms with Gasteiger partial charge in [0.1, 0.15) is 0 Å². The summed E-state index contributed by atoms with van der Waals surface area (Å²) in [6, 6.07) is 4.26. The minimum absolute atomic E-state index is 0.0486. The summed E-state index contributed by atoms with van der Waals surface area (Å²) >= 11 is 7.71. The van der Waals surface area contributed by atoms with Gasteiger partial charge in [0, 0.05) is 17.3 Å². The summed E-state index contributed by atoms with van der Waals surface area (Å²) in [6.07, 6.45) is 10.5. The molecule has 11 atom stereocenters. The molecule has 6 heteroatoms. The molecule has 4 aliphatic rings. The lowest BCUT2D eigenvalue weighted by Crippen LogP contribution is -2.60. The molecule has 1 heterocycles. The number of halogens is 1. The number of thiophene rings is 1. The van der Waals surface area contributed by atoms with Crippen molar-refractivity contribution >= 4 is 28.8 Å². The van der Waals surface area contributed by atoms with E-state index in [-0.39, 0.29) is 29.5 Å². The summed E-state index contributed by atoms with van der Waals surface area (Å²) in [4.78, 5) is 14.3. The monoisotopic (exact) mass is 534 g/mol. The van der Waals surface area contributed by atoms with Gasteiger partial charge >= 0.3 is 0 Å². The molecule has 1 aromatic heterocycles. The second-order valence-corrected chi connectivity index (χ2v) is 15.1. The van der Waals surface area contributed by atoms with Gasteiger partial charge in [-0.3, -0.25) is 4.79 Å². The molecule has 1 aromatic rings. The summed E-state index contributed by atoms with van der Waals surface area (Å²) < 4.78 is 0.775. The van der Waals surface area contributed by atoms with Gasteiger partial charge < -0.3 is 16.2 Å². The van der Waals surface area contributed by atoms with Gasteiger partial charge in [0.2, 0.25) is 5.91 Å². The lowest BCUT2D eigenvalue weighted by atomic mass is 9.43. The highest BCUT2D eigenvalue weighted by Gasteiger charge is 2.62. The summed E-state index contributed by atoms with van der Waals surface area (Å²) in [7, 11) is 0. The van der Waals surface area contributed by atoms with E-state index in [9.17, 15) is 9.90 Å². The van der Waals surface area contributed by atoms with Gasteiger partial charge in [-0.05, 0) is 116 Å². The maximum absolute atomic E-state index is 13.2. The molecule has 202 valence electrons. The predicted molar refractivity (Wildman–Crippen MR) is 149 cm³/mol. The first-order chi connectivity index (χ1) is 17.1. The zero-order valence-corrected chi connectivity index (χ0v) is 24.2. The van der Waals surface area contributed by atoms with Crippen LogP contribution in [0.2, 0.25) is 4.34 Å². The van der Waals surface area contributed by atoms with Gasteiger partial charge in [0.05, 0.1) is 16.5 Å². The zero-order chi connectivity index (χ0) is 25.8. The van der Waals surface area contributed by atoms with E-state index in [1.807, 2.05) is 12.1 Å². The number of hydrogen-bond donors (Lipinski definition) is 3. The van der Waals surface area contributed by atoms with Crippen molar-refractivity contribution in [2.75, 3.05) is 0 Å². The highest BCUT2D eigenvalue weighted by molar-refractivity contribution is 7.16. The molecule has 0 aliphatic heterocycles. The van der Waals surface area contributed by atoms with Crippen molar-refractivity contribution < 1.29 is 9.90 Å². The summed E-state index contributed by atoms with van der Waals surface area (Å²) in [5, 5.41) is 13.7. The zero-order valence-electron chi connectivity index (χ0n) is 22.6. The Kier molecular flexibility index (Phi) is 7.62. The topological polar surface area (TPSA) is 75.4 Å². The van der Waals surface area contributed by atoms with Gasteiger partial charge in [-0.25, -0.2) is 0 Å². The van der Waals surface area contributed by atoms with Crippen molar-refractivity contribution in [3.63, 3.8) is 0 Å². The van der Waals surface area contributed by atoms with Crippen LogP contribution < -0.4 is 11.1 Å². The maximum atomic E-state index is 13.2. The Morgan fingerprint density at radius 2 is 1.89 bits per heavy atom. The van der Waals surface area contributed by atoms with Crippen molar-refractivity contribution in [2.45, 2.75) is 110 Å². The minimum atomic E-state index is -0.132. The fourth-order valence-corrected chi connectivity index (χ4v) is 11.0. The van der Waals surface area contributed by atoms with Crippen LogP contribution in [0.5, 0.6) is 0 Å². The number of carbonyl (C=O) groups is 1. The van der Waals surface area contributed by atoms with Crippen LogP contribution in [-0.2, 0) is 4.79 Å². The number of aliphatic hydroxyl groups excluding tert-OH is 1. The van der Waals surface area contributed by atoms with E-state index < -0.39 is 0 Å². The van der Waals surface area contributed by atoms with Gasteiger partial charge in [0.15, 0.2) is 0 Å².